The van der Waals surface area contributed by atoms with Gasteiger partial charge in [0.2, 0.25) is 0 Å². The molecule has 0 saturated carbocycles. The number of rotatable bonds is 5. The summed E-state index contributed by atoms with van der Waals surface area (Å²) in [5, 5.41) is 2.35. The minimum atomic E-state index is -0.892. The van der Waals surface area contributed by atoms with E-state index < -0.39 is 23.8 Å². The van der Waals surface area contributed by atoms with Gasteiger partial charge in [-0.2, -0.15) is 0 Å². The number of amides is 2. The molecule has 7 heteroatoms. The van der Waals surface area contributed by atoms with Gasteiger partial charge in [0, 0.05) is 18.7 Å². The molecule has 1 N–H and O–H groups in total. The summed E-state index contributed by atoms with van der Waals surface area (Å²) < 4.78 is 18.2. The Morgan fingerprint density at radius 1 is 1.20 bits per heavy atom. The molecule has 0 unspecified atom stereocenters. The predicted octanol–water partition coefficient (Wildman–Crippen LogP) is 1.89. The number of esters is 1. The average Bonchev–Trinajstić information content (AvgIpc) is 2.88. The summed E-state index contributed by atoms with van der Waals surface area (Å²) in [6.45, 7) is 2.50. The van der Waals surface area contributed by atoms with E-state index in [-0.39, 0.29) is 18.0 Å². The van der Waals surface area contributed by atoms with Gasteiger partial charge >= 0.3 is 5.97 Å². The van der Waals surface area contributed by atoms with Gasteiger partial charge in [-0.1, -0.05) is 18.9 Å². The molecule has 0 aliphatic carbocycles. The molecule has 1 aliphatic rings. The zero-order chi connectivity index (χ0) is 18.2. The number of hydrogen-bond acceptors (Lipinski definition) is 4. The van der Waals surface area contributed by atoms with Gasteiger partial charge in [-0.3, -0.25) is 14.4 Å². The summed E-state index contributed by atoms with van der Waals surface area (Å²) in [4.78, 5) is 37.7. The van der Waals surface area contributed by atoms with Crippen molar-refractivity contribution in [3.8, 4) is 0 Å². The van der Waals surface area contributed by atoms with Crippen LogP contribution < -0.4 is 5.32 Å². The van der Waals surface area contributed by atoms with Crippen LogP contribution in [0.5, 0.6) is 0 Å². The van der Waals surface area contributed by atoms with Crippen LogP contribution in [0, 0.1) is 5.82 Å². The number of carbonyl (C=O) groups excluding carboxylic acids is 3. The lowest BCUT2D eigenvalue weighted by molar-refractivity contribution is -0.158. The molecule has 1 aromatic carbocycles. The number of nitrogens with one attached hydrogen (secondary N) is 1. The summed E-state index contributed by atoms with van der Waals surface area (Å²) >= 11 is 0. The molecule has 1 saturated heterocycles. The third-order valence-electron chi connectivity index (χ3n) is 4.05. The van der Waals surface area contributed by atoms with Crippen LogP contribution in [0.4, 0.5) is 4.39 Å². The topological polar surface area (TPSA) is 75.7 Å². The number of carbonyl (C=O) groups is 3. The fourth-order valence-corrected chi connectivity index (χ4v) is 2.72. The molecule has 25 heavy (non-hydrogen) atoms. The normalized spacial score (nSPS) is 15.8. The second-order valence-electron chi connectivity index (χ2n) is 6.06. The Labute approximate surface area is 146 Å². The maximum Gasteiger partial charge on any atom is 0.326 e. The minimum absolute atomic E-state index is 0.112. The van der Waals surface area contributed by atoms with Gasteiger partial charge in [0.05, 0.1) is 0 Å². The van der Waals surface area contributed by atoms with E-state index in [1.165, 1.54) is 25.1 Å². The number of hydrogen-bond donors (Lipinski definition) is 1. The zero-order valence-corrected chi connectivity index (χ0v) is 14.3. The van der Waals surface area contributed by atoms with Crippen LogP contribution in [-0.2, 0) is 14.3 Å². The zero-order valence-electron chi connectivity index (χ0n) is 14.3. The molecule has 0 radical (unpaired) electrons. The first kappa shape index (κ1) is 18.9. The van der Waals surface area contributed by atoms with Gasteiger partial charge in [0.25, 0.3) is 11.8 Å². The minimum Gasteiger partial charge on any atom is -0.451 e. The van der Waals surface area contributed by atoms with Crippen LogP contribution in [0.25, 0.3) is 0 Å². The molecule has 136 valence electrons. The number of nitrogens with zero attached hydrogens (tertiary/aromatic N) is 1. The molecule has 2 rings (SSSR count). The molecule has 1 fully saturated rings. The van der Waals surface area contributed by atoms with E-state index in [0.717, 1.165) is 31.7 Å². The molecule has 2 amide bonds. The highest BCUT2D eigenvalue weighted by atomic mass is 19.1. The SMILES string of the molecule is C[C@@H](OC(=O)CNC(=O)c1cccc(F)c1)C(=O)N1CCCCCC1. The summed E-state index contributed by atoms with van der Waals surface area (Å²) in [6, 6.07) is 5.15. The number of likely N-dealkylation sites (tertiary alicyclic amines) is 1. The fraction of sp³-hybridized carbons (Fsp3) is 0.500. The lowest BCUT2D eigenvalue weighted by Crippen LogP contribution is -2.42. The maximum absolute atomic E-state index is 13.1. The number of benzene rings is 1. The Balaban J connectivity index is 1.78. The second-order valence-corrected chi connectivity index (χ2v) is 6.06. The molecule has 0 aromatic heterocycles. The van der Waals surface area contributed by atoms with Gasteiger partial charge in [-0.25, -0.2) is 4.39 Å². The van der Waals surface area contributed by atoms with Crippen molar-refractivity contribution in [1.82, 2.24) is 10.2 Å². The number of ether oxygens (including phenoxy) is 1. The predicted molar refractivity (Wildman–Crippen MR) is 89.3 cm³/mol. The molecular weight excluding hydrogens is 327 g/mol. The van der Waals surface area contributed by atoms with E-state index in [2.05, 4.69) is 5.32 Å². The van der Waals surface area contributed by atoms with E-state index in [4.69, 9.17) is 4.74 Å². The van der Waals surface area contributed by atoms with E-state index in [1.54, 1.807) is 4.90 Å². The van der Waals surface area contributed by atoms with Gasteiger partial charge in [0.15, 0.2) is 6.10 Å². The molecule has 1 heterocycles. The first-order valence-electron chi connectivity index (χ1n) is 8.49. The molecule has 0 bridgehead atoms. The quantitative estimate of drug-likeness (QED) is 0.823. The summed E-state index contributed by atoms with van der Waals surface area (Å²) in [7, 11) is 0. The fourth-order valence-electron chi connectivity index (χ4n) is 2.72. The molecular formula is C18H23FN2O4. The number of halogens is 1. The van der Waals surface area contributed by atoms with Gasteiger partial charge in [0.1, 0.15) is 12.4 Å². The Kier molecular flexibility index (Phi) is 6.91. The highest BCUT2D eigenvalue weighted by Gasteiger charge is 2.24. The monoisotopic (exact) mass is 350 g/mol. The van der Waals surface area contributed by atoms with E-state index in [1.807, 2.05) is 0 Å². The Morgan fingerprint density at radius 2 is 1.88 bits per heavy atom. The standard InChI is InChI=1S/C18H23FN2O4/c1-13(18(24)21-9-4-2-3-5-10-21)25-16(22)12-20-17(23)14-7-6-8-15(19)11-14/h6-8,11,13H,2-5,9-10,12H2,1H3,(H,20,23)/t13-/m1/s1. The molecule has 6 nitrogen and oxygen atoms in total. The van der Waals surface area contributed by atoms with Gasteiger partial charge < -0.3 is 15.0 Å². The van der Waals surface area contributed by atoms with Crippen molar-refractivity contribution in [3.05, 3.63) is 35.6 Å². The third kappa shape index (κ3) is 5.85. The van der Waals surface area contributed by atoms with E-state index >= 15 is 0 Å². The van der Waals surface area contributed by atoms with Crippen molar-refractivity contribution in [2.24, 2.45) is 0 Å². The van der Waals surface area contributed by atoms with Crippen molar-refractivity contribution >= 4 is 17.8 Å². The Bertz CT molecular complexity index is 627. The molecule has 1 aromatic rings. The van der Waals surface area contributed by atoms with E-state index in [0.29, 0.717) is 13.1 Å². The van der Waals surface area contributed by atoms with Crippen LogP contribution in [0.15, 0.2) is 24.3 Å². The summed E-state index contributed by atoms with van der Waals surface area (Å²) in [6.07, 6.45) is 3.22. The second kappa shape index (κ2) is 9.15. The van der Waals surface area contributed by atoms with Crippen molar-refractivity contribution in [2.75, 3.05) is 19.6 Å². The van der Waals surface area contributed by atoms with Gasteiger partial charge in [-0.15, -0.1) is 0 Å². The Morgan fingerprint density at radius 3 is 2.52 bits per heavy atom. The van der Waals surface area contributed by atoms with Crippen molar-refractivity contribution in [2.45, 2.75) is 38.7 Å². The maximum atomic E-state index is 13.1. The largest absolute Gasteiger partial charge is 0.451 e. The summed E-state index contributed by atoms with van der Waals surface area (Å²) in [5.74, 6) is -2.04. The smallest absolute Gasteiger partial charge is 0.326 e. The lowest BCUT2D eigenvalue weighted by atomic mass is 10.2. The van der Waals surface area contributed by atoms with Crippen LogP contribution in [0.2, 0.25) is 0 Å². The first-order chi connectivity index (χ1) is 12.0. The van der Waals surface area contributed by atoms with Crippen LogP contribution in [0.3, 0.4) is 0 Å². The molecule has 1 atom stereocenters. The third-order valence-corrected chi connectivity index (χ3v) is 4.05. The Hall–Kier alpha value is -2.44. The highest BCUT2D eigenvalue weighted by Crippen LogP contribution is 2.11. The van der Waals surface area contributed by atoms with Crippen molar-refractivity contribution in [1.29, 1.82) is 0 Å². The van der Waals surface area contributed by atoms with Crippen LogP contribution in [0.1, 0.15) is 43.0 Å². The van der Waals surface area contributed by atoms with Crippen LogP contribution >= 0.6 is 0 Å². The average molecular weight is 350 g/mol. The van der Waals surface area contributed by atoms with Crippen molar-refractivity contribution < 1.29 is 23.5 Å². The molecule has 1 aliphatic heterocycles. The molecule has 0 spiro atoms. The summed E-state index contributed by atoms with van der Waals surface area (Å²) in [5.41, 5.74) is 0.112. The first-order valence-corrected chi connectivity index (χ1v) is 8.49. The van der Waals surface area contributed by atoms with Gasteiger partial charge in [-0.05, 0) is 38.0 Å². The van der Waals surface area contributed by atoms with E-state index in [9.17, 15) is 18.8 Å². The lowest BCUT2D eigenvalue weighted by Gasteiger charge is -2.24. The highest BCUT2D eigenvalue weighted by molar-refractivity contribution is 5.96. The van der Waals surface area contributed by atoms with Crippen molar-refractivity contribution in [3.63, 3.8) is 0 Å². The van der Waals surface area contributed by atoms with Crippen LogP contribution in [-0.4, -0.2) is 48.4 Å².